The Balaban J connectivity index is 2.30. The average molecular weight is 455 g/mol. The number of nitrogens with one attached hydrogen (secondary N) is 1. The van der Waals surface area contributed by atoms with Crippen LogP contribution in [0.3, 0.4) is 0 Å². The lowest BCUT2D eigenvalue weighted by atomic mass is 9.92. The summed E-state index contributed by atoms with van der Waals surface area (Å²) in [5.74, 6) is 0.763. The minimum atomic E-state index is -0.202. The van der Waals surface area contributed by atoms with E-state index >= 15 is 0 Å². The number of benzene rings is 1. The molecule has 0 saturated heterocycles. The number of rotatable bonds is 10. The maximum Gasteiger partial charge on any atom is 0.245 e. The molecule has 2 aromatic rings. The zero-order valence-corrected chi connectivity index (χ0v) is 21.8. The SMILES string of the molecule is CCCCCC(=O)N(CC(=O)Nc1cc(C(C)(C)C)nn1-c1cccc(C)c1C)CC(C)C. The largest absolute Gasteiger partial charge is 0.333 e. The summed E-state index contributed by atoms with van der Waals surface area (Å²) in [6.07, 6.45) is 3.44. The van der Waals surface area contributed by atoms with Crippen LogP contribution in [0, 0.1) is 19.8 Å². The van der Waals surface area contributed by atoms with E-state index in [-0.39, 0.29) is 23.8 Å². The standard InChI is InChI=1S/C27H42N4O2/c1-9-10-11-15-26(33)30(17-19(2)3)18-25(32)28-24-16-23(27(6,7)8)29-31(24)22-14-12-13-20(4)21(22)5/h12-14,16,19H,9-11,15,17-18H2,1-8H3,(H,28,32). The van der Waals surface area contributed by atoms with Crippen LogP contribution in [0.1, 0.15) is 84.0 Å². The third-order valence-corrected chi connectivity index (χ3v) is 5.82. The molecule has 0 aliphatic rings. The van der Waals surface area contributed by atoms with Crippen LogP contribution < -0.4 is 5.32 Å². The third-order valence-electron chi connectivity index (χ3n) is 5.82. The Bertz CT molecular complexity index is 954. The van der Waals surface area contributed by atoms with Crippen molar-refractivity contribution in [3.63, 3.8) is 0 Å². The molecule has 0 unspecified atom stereocenters. The van der Waals surface area contributed by atoms with E-state index in [1.807, 2.05) is 22.9 Å². The van der Waals surface area contributed by atoms with Crippen LogP contribution in [0.4, 0.5) is 5.82 Å². The highest BCUT2D eigenvalue weighted by Gasteiger charge is 2.24. The molecule has 6 heteroatoms. The number of hydrogen-bond donors (Lipinski definition) is 1. The molecular weight excluding hydrogens is 412 g/mol. The Labute approximate surface area is 199 Å². The van der Waals surface area contributed by atoms with Crippen molar-refractivity contribution in [3.8, 4) is 5.69 Å². The molecule has 0 spiro atoms. The quantitative estimate of drug-likeness (QED) is 0.462. The lowest BCUT2D eigenvalue weighted by Crippen LogP contribution is -2.40. The van der Waals surface area contributed by atoms with E-state index in [4.69, 9.17) is 5.10 Å². The third kappa shape index (κ3) is 7.44. The van der Waals surface area contributed by atoms with Gasteiger partial charge in [0.1, 0.15) is 5.82 Å². The normalized spacial score (nSPS) is 11.7. The molecule has 2 rings (SSSR count). The van der Waals surface area contributed by atoms with Crippen LogP contribution in [-0.4, -0.2) is 39.6 Å². The van der Waals surface area contributed by atoms with Crippen molar-refractivity contribution in [2.24, 2.45) is 5.92 Å². The molecule has 0 radical (unpaired) electrons. The van der Waals surface area contributed by atoms with Crippen molar-refractivity contribution in [1.82, 2.24) is 14.7 Å². The van der Waals surface area contributed by atoms with Gasteiger partial charge >= 0.3 is 0 Å². The Kier molecular flexibility index (Phi) is 9.26. The van der Waals surface area contributed by atoms with Crippen molar-refractivity contribution in [2.45, 2.75) is 86.5 Å². The van der Waals surface area contributed by atoms with Gasteiger partial charge in [-0.15, -0.1) is 0 Å². The Hall–Kier alpha value is -2.63. The Morgan fingerprint density at radius 1 is 1.15 bits per heavy atom. The van der Waals surface area contributed by atoms with Gasteiger partial charge in [-0.1, -0.05) is 66.5 Å². The van der Waals surface area contributed by atoms with Gasteiger partial charge in [0, 0.05) is 24.4 Å². The number of hydrogen-bond acceptors (Lipinski definition) is 3. The number of aromatic nitrogens is 2. The molecule has 2 amide bonds. The van der Waals surface area contributed by atoms with E-state index in [1.54, 1.807) is 4.90 Å². The summed E-state index contributed by atoms with van der Waals surface area (Å²) in [5, 5.41) is 7.88. The van der Waals surface area contributed by atoms with Crippen LogP contribution in [0.25, 0.3) is 5.69 Å². The first-order chi connectivity index (χ1) is 15.4. The molecule has 6 nitrogen and oxygen atoms in total. The summed E-state index contributed by atoms with van der Waals surface area (Å²) in [5.41, 5.74) is 3.95. The lowest BCUT2D eigenvalue weighted by Gasteiger charge is -2.24. The van der Waals surface area contributed by atoms with Crippen LogP contribution in [0.2, 0.25) is 0 Å². The maximum atomic E-state index is 13.1. The van der Waals surface area contributed by atoms with Crippen LogP contribution in [0.5, 0.6) is 0 Å². The zero-order valence-electron chi connectivity index (χ0n) is 21.8. The Morgan fingerprint density at radius 3 is 2.45 bits per heavy atom. The summed E-state index contributed by atoms with van der Waals surface area (Å²) in [4.78, 5) is 27.6. The molecule has 0 aliphatic heterocycles. The highest BCUT2D eigenvalue weighted by Crippen LogP contribution is 2.28. The van der Waals surface area contributed by atoms with Crippen LogP contribution >= 0.6 is 0 Å². The van der Waals surface area contributed by atoms with Gasteiger partial charge in [0.15, 0.2) is 0 Å². The number of nitrogens with zero attached hydrogens (tertiary/aromatic N) is 3. The van der Waals surface area contributed by atoms with Gasteiger partial charge in [0.25, 0.3) is 0 Å². The molecule has 1 heterocycles. The molecule has 0 bridgehead atoms. The predicted molar refractivity (Wildman–Crippen MR) is 136 cm³/mol. The number of aryl methyl sites for hydroxylation is 1. The minimum Gasteiger partial charge on any atom is -0.333 e. The molecule has 0 saturated carbocycles. The first-order valence-corrected chi connectivity index (χ1v) is 12.2. The molecule has 33 heavy (non-hydrogen) atoms. The highest BCUT2D eigenvalue weighted by molar-refractivity contribution is 5.94. The smallest absolute Gasteiger partial charge is 0.245 e. The molecule has 0 atom stereocenters. The van der Waals surface area contributed by atoms with Crippen molar-refractivity contribution in [1.29, 1.82) is 0 Å². The second-order valence-corrected chi connectivity index (χ2v) is 10.5. The number of amides is 2. The Morgan fingerprint density at radius 2 is 1.85 bits per heavy atom. The maximum absolute atomic E-state index is 13.1. The summed E-state index contributed by atoms with van der Waals surface area (Å²) in [6, 6.07) is 8.02. The van der Waals surface area contributed by atoms with Gasteiger partial charge < -0.3 is 10.2 Å². The van der Waals surface area contributed by atoms with E-state index in [0.29, 0.717) is 24.7 Å². The first kappa shape index (κ1) is 26.6. The molecule has 0 fully saturated rings. The number of carbonyl (C=O) groups excluding carboxylic acids is 2. The van der Waals surface area contributed by atoms with Crippen molar-refractivity contribution in [3.05, 3.63) is 41.1 Å². The molecule has 1 aromatic heterocycles. The number of anilines is 1. The van der Waals surface area contributed by atoms with Crippen LogP contribution in [-0.2, 0) is 15.0 Å². The second kappa shape index (κ2) is 11.5. The summed E-state index contributed by atoms with van der Waals surface area (Å²) in [6.45, 7) is 17.3. The number of unbranched alkanes of at least 4 members (excludes halogenated alkanes) is 2. The second-order valence-electron chi connectivity index (χ2n) is 10.5. The lowest BCUT2D eigenvalue weighted by molar-refractivity contribution is -0.135. The van der Waals surface area contributed by atoms with E-state index in [9.17, 15) is 9.59 Å². The zero-order chi connectivity index (χ0) is 24.8. The molecular formula is C27H42N4O2. The van der Waals surface area contributed by atoms with Crippen LogP contribution in [0.15, 0.2) is 24.3 Å². The molecule has 1 aromatic carbocycles. The topological polar surface area (TPSA) is 67.2 Å². The fourth-order valence-corrected chi connectivity index (χ4v) is 3.72. The van der Waals surface area contributed by atoms with Gasteiger partial charge in [0.05, 0.1) is 17.9 Å². The summed E-state index contributed by atoms with van der Waals surface area (Å²) < 4.78 is 1.82. The monoisotopic (exact) mass is 454 g/mol. The fraction of sp³-hybridized carbons (Fsp3) is 0.593. The van der Waals surface area contributed by atoms with Gasteiger partial charge in [-0.25, -0.2) is 4.68 Å². The molecule has 182 valence electrons. The van der Waals surface area contributed by atoms with E-state index in [1.165, 1.54) is 5.56 Å². The van der Waals surface area contributed by atoms with Crippen molar-refractivity contribution >= 4 is 17.6 Å². The van der Waals surface area contributed by atoms with E-state index in [0.717, 1.165) is 36.2 Å². The fourth-order valence-electron chi connectivity index (χ4n) is 3.72. The minimum absolute atomic E-state index is 0.0470. The van der Waals surface area contributed by atoms with Gasteiger partial charge in [-0.2, -0.15) is 5.10 Å². The van der Waals surface area contributed by atoms with Crippen molar-refractivity contribution < 1.29 is 9.59 Å². The summed E-state index contributed by atoms with van der Waals surface area (Å²) in [7, 11) is 0. The number of carbonyl (C=O) groups is 2. The first-order valence-electron chi connectivity index (χ1n) is 12.2. The predicted octanol–water partition coefficient (Wildman–Crippen LogP) is 5.79. The van der Waals surface area contributed by atoms with Gasteiger partial charge in [0.2, 0.25) is 11.8 Å². The summed E-state index contributed by atoms with van der Waals surface area (Å²) >= 11 is 0. The van der Waals surface area contributed by atoms with Gasteiger partial charge in [-0.3, -0.25) is 9.59 Å². The van der Waals surface area contributed by atoms with Crippen molar-refractivity contribution in [2.75, 3.05) is 18.4 Å². The van der Waals surface area contributed by atoms with E-state index in [2.05, 4.69) is 66.8 Å². The average Bonchev–Trinajstić information content (AvgIpc) is 3.13. The molecule has 1 N–H and O–H groups in total. The van der Waals surface area contributed by atoms with E-state index < -0.39 is 0 Å². The van der Waals surface area contributed by atoms with Gasteiger partial charge in [-0.05, 0) is 43.4 Å². The molecule has 0 aliphatic carbocycles. The highest BCUT2D eigenvalue weighted by atomic mass is 16.2.